The Bertz CT molecular complexity index is 882. The van der Waals surface area contributed by atoms with Crippen molar-refractivity contribution < 1.29 is 14.3 Å². The Morgan fingerprint density at radius 2 is 1.60 bits per heavy atom. The van der Waals surface area contributed by atoms with Crippen molar-refractivity contribution in [2.24, 2.45) is 0 Å². The number of hydrogen-bond acceptors (Lipinski definition) is 5. The summed E-state index contributed by atoms with van der Waals surface area (Å²) in [7, 11) is 0. The fraction of sp³-hybridized carbons (Fsp3) is 0.458. The molecule has 0 spiro atoms. The second kappa shape index (κ2) is 8.66. The van der Waals surface area contributed by atoms with Crippen LogP contribution in [0.15, 0.2) is 42.5 Å². The number of amides is 1. The largest absolute Gasteiger partial charge is 0.454 e. The first-order chi connectivity index (χ1) is 14.4. The van der Waals surface area contributed by atoms with E-state index in [0.717, 1.165) is 49.9 Å². The van der Waals surface area contributed by atoms with Gasteiger partial charge in [-0.2, -0.15) is 0 Å². The molecule has 0 bridgehead atoms. The zero-order valence-electron chi connectivity index (χ0n) is 18.1. The Hall–Kier alpha value is -2.57. The third-order valence-corrected chi connectivity index (χ3v) is 5.71. The molecule has 4 rings (SSSR count). The monoisotopic (exact) mass is 409 g/mol. The van der Waals surface area contributed by atoms with Crippen LogP contribution in [0.2, 0.25) is 0 Å². The van der Waals surface area contributed by atoms with Gasteiger partial charge in [0.05, 0.1) is 6.54 Å². The molecule has 1 N–H and O–H groups in total. The van der Waals surface area contributed by atoms with E-state index in [9.17, 15) is 4.79 Å². The van der Waals surface area contributed by atoms with Crippen molar-refractivity contribution >= 4 is 11.6 Å². The highest BCUT2D eigenvalue weighted by Crippen LogP contribution is 2.32. The molecule has 6 nitrogen and oxygen atoms in total. The molecule has 0 saturated carbocycles. The van der Waals surface area contributed by atoms with Crippen LogP contribution in [0.25, 0.3) is 0 Å². The van der Waals surface area contributed by atoms with Crippen LogP contribution in [-0.2, 0) is 16.8 Å². The molecular formula is C24H31N3O3. The second-order valence-electron chi connectivity index (χ2n) is 9.12. The average molecular weight is 410 g/mol. The van der Waals surface area contributed by atoms with Crippen LogP contribution in [0.1, 0.15) is 31.9 Å². The summed E-state index contributed by atoms with van der Waals surface area (Å²) in [4.78, 5) is 17.1. The molecule has 1 saturated heterocycles. The number of ether oxygens (including phenoxy) is 2. The van der Waals surface area contributed by atoms with Gasteiger partial charge in [0.2, 0.25) is 12.7 Å². The molecule has 6 heteroatoms. The van der Waals surface area contributed by atoms with Crippen molar-refractivity contribution in [1.82, 2.24) is 9.80 Å². The SMILES string of the molecule is CC(C)(C)c1ccc(NC(=O)CN2CCN(Cc3ccc4c(c3)OCO4)CC2)cc1. The number of anilines is 1. The zero-order valence-corrected chi connectivity index (χ0v) is 18.1. The van der Waals surface area contributed by atoms with Gasteiger partial charge in [0.25, 0.3) is 0 Å². The van der Waals surface area contributed by atoms with E-state index >= 15 is 0 Å². The molecule has 2 aliphatic rings. The number of carbonyl (C=O) groups excluding carboxylic acids is 1. The summed E-state index contributed by atoms with van der Waals surface area (Å²) in [6, 6.07) is 14.3. The first-order valence-corrected chi connectivity index (χ1v) is 10.6. The fourth-order valence-corrected chi connectivity index (χ4v) is 3.86. The molecule has 0 atom stereocenters. The summed E-state index contributed by atoms with van der Waals surface area (Å²) < 4.78 is 10.8. The zero-order chi connectivity index (χ0) is 21.1. The van der Waals surface area contributed by atoms with Crippen molar-refractivity contribution in [2.75, 3.05) is 44.8 Å². The Morgan fingerprint density at radius 1 is 0.933 bits per heavy atom. The lowest BCUT2D eigenvalue weighted by molar-refractivity contribution is -0.117. The number of carbonyl (C=O) groups is 1. The molecule has 0 aliphatic carbocycles. The Kier molecular flexibility index (Phi) is 5.97. The number of piperazine rings is 1. The second-order valence-corrected chi connectivity index (χ2v) is 9.12. The summed E-state index contributed by atoms with van der Waals surface area (Å²) in [5, 5.41) is 3.02. The van der Waals surface area contributed by atoms with Gasteiger partial charge >= 0.3 is 0 Å². The molecule has 160 valence electrons. The van der Waals surface area contributed by atoms with Gasteiger partial charge in [-0.05, 0) is 40.8 Å². The minimum Gasteiger partial charge on any atom is -0.454 e. The smallest absolute Gasteiger partial charge is 0.238 e. The number of hydrogen-bond donors (Lipinski definition) is 1. The number of benzene rings is 2. The first kappa shape index (κ1) is 20.7. The van der Waals surface area contributed by atoms with Gasteiger partial charge in [0.15, 0.2) is 11.5 Å². The van der Waals surface area contributed by atoms with Crippen molar-refractivity contribution in [2.45, 2.75) is 32.7 Å². The van der Waals surface area contributed by atoms with Crippen LogP contribution in [-0.4, -0.2) is 55.2 Å². The lowest BCUT2D eigenvalue weighted by Gasteiger charge is -2.34. The molecule has 0 aromatic heterocycles. The van der Waals surface area contributed by atoms with Crippen LogP contribution in [0.3, 0.4) is 0 Å². The molecule has 0 unspecified atom stereocenters. The first-order valence-electron chi connectivity index (χ1n) is 10.6. The number of rotatable bonds is 5. The minimum atomic E-state index is 0.0442. The highest BCUT2D eigenvalue weighted by molar-refractivity contribution is 5.92. The predicted molar refractivity (Wildman–Crippen MR) is 118 cm³/mol. The number of fused-ring (bicyclic) bond motifs is 1. The van der Waals surface area contributed by atoms with Crippen molar-refractivity contribution in [3.63, 3.8) is 0 Å². The lowest BCUT2D eigenvalue weighted by atomic mass is 9.87. The van der Waals surface area contributed by atoms with Gasteiger partial charge in [-0.1, -0.05) is 39.0 Å². The normalized spacial score (nSPS) is 17.2. The fourth-order valence-electron chi connectivity index (χ4n) is 3.86. The van der Waals surface area contributed by atoms with Crippen molar-refractivity contribution in [1.29, 1.82) is 0 Å². The van der Waals surface area contributed by atoms with E-state index in [1.165, 1.54) is 11.1 Å². The molecule has 0 radical (unpaired) electrons. The van der Waals surface area contributed by atoms with Gasteiger partial charge in [0, 0.05) is 38.4 Å². The van der Waals surface area contributed by atoms with Gasteiger partial charge in [-0.15, -0.1) is 0 Å². The highest BCUT2D eigenvalue weighted by atomic mass is 16.7. The van der Waals surface area contributed by atoms with Crippen LogP contribution in [0.4, 0.5) is 5.69 Å². The Labute approximate surface area is 178 Å². The molecule has 2 aromatic rings. The van der Waals surface area contributed by atoms with Crippen molar-refractivity contribution in [3.05, 3.63) is 53.6 Å². The summed E-state index contributed by atoms with van der Waals surface area (Å²) in [5.41, 5.74) is 3.46. The Morgan fingerprint density at radius 3 is 2.30 bits per heavy atom. The molecule has 30 heavy (non-hydrogen) atoms. The number of nitrogens with one attached hydrogen (secondary N) is 1. The van der Waals surface area contributed by atoms with Crippen molar-refractivity contribution in [3.8, 4) is 11.5 Å². The molecule has 2 heterocycles. The van der Waals surface area contributed by atoms with Gasteiger partial charge in [-0.3, -0.25) is 14.6 Å². The maximum Gasteiger partial charge on any atom is 0.238 e. The summed E-state index contributed by atoms with van der Waals surface area (Å²) in [6.07, 6.45) is 0. The standard InChI is InChI=1S/C24H31N3O3/c1-24(2,3)19-5-7-20(8-6-19)25-23(28)16-27-12-10-26(11-13-27)15-18-4-9-21-22(14-18)30-17-29-21/h4-9,14H,10-13,15-17H2,1-3H3,(H,25,28). The van der Waals surface area contributed by atoms with Gasteiger partial charge in [0.1, 0.15) is 0 Å². The topological polar surface area (TPSA) is 54.0 Å². The molecule has 2 aromatic carbocycles. The Balaban J connectivity index is 1.22. The summed E-state index contributed by atoms with van der Waals surface area (Å²) >= 11 is 0. The summed E-state index contributed by atoms with van der Waals surface area (Å²) in [5.74, 6) is 1.70. The molecule has 1 amide bonds. The number of nitrogens with zero attached hydrogens (tertiary/aromatic N) is 2. The summed E-state index contributed by atoms with van der Waals surface area (Å²) in [6.45, 7) is 11.9. The van der Waals surface area contributed by atoms with Crippen LogP contribution < -0.4 is 14.8 Å². The maximum absolute atomic E-state index is 12.5. The van der Waals surface area contributed by atoms with E-state index in [1.807, 2.05) is 18.2 Å². The van der Waals surface area contributed by atoms with Gasteiger partial charge in [-0.25, -0.2) is 0 Å². The predicted octanol–water partition coefficient (Wildman–Crippen LogP) is 3.47. The van der Waals surface area contributed by atoms with E-state index in [-0.39, 0.29) is 11.3 Å². The molecule has 2 aliphatic heterocycles. The van der Waals surface area contributed by atoms with Crippen LogP contribution >= 0.6 is 0 Å². The van der Waals surface area contributed by atoms with E-state index < -0.39 is 0 Å². The minimum absolute atomic E-state index is 0.0442. The van der Waals surface area contributed by atoms with E-state index in [0.29, 0.717) is 13.3 Å². The molecule has 1 fully saturated rings. The third kappa shape index (κ3) is 5.12. The third-order valence-electron chi connectivity index (χ3n) is 5.71. The van der Waals surface area contributed by atoms with E-state index in [2.05, 4.69) is 60.2 Å². The van der Waals surface area contributed by atoms with Crippen LogP contribution in [0, 0.1) is 0 Å². The lowest BCUT2D eigenvalue weighted by Crippen LogP contribution is -2.48. The van der Waals surface area contributed by atoms with Crippen LogP contribution in [0.5, 0.6) is 11.5 Å². The van der Waals surface area contributed by atoms with E-state index in [1.54, 1.807) is 0 Å². The molecular weight excluding hydrogens is 378 g/mol. The van der Waals surface area contributed by atoms with Gasteiger partial charge < -0.3 is 14.8 Å². The quantitative estimate of drug-likeness (QED) is 0.820. The maximum atomic E-state index is 12.5. The van der Waals surface area contributed by atoms with E-state index in [4.69, 9.17) is 9.47 Å². The highest BCUT2D eigenvalue weighted by Gasteiger charge is 2.20. The average Bonchev–Trinajstić information content (AvgIpc) is 3.17.